The Morgan fingerprint density at radius 3 is 2.58 bits per heavy atom. The number of esters is 1. The fraction of sp³-hybridized carbons (Fsp3) is 0.353. The van der Waals surface area contributed by atoms with Gasteiger partial charge in [0.15, 0.2) is 6.61 Å². The monoisotopic (exact) mass is 332 g/mol. The molecule has 0 fully saturated rings. The zero-order valence-electron chi connectivity index (χ0n) is 14.0. The summed E-state index contributed by atoms with van der Waals surface area (Å²) in [6.45, 7) is 7.17. The number of aromatic hydroxyl groups is 1. The van der Waals surface area contributed by atoms with Crippen molar-refractivity contribution in [2.45, 2.75) is 33.1 Å². The van der Waals surface area contributed by atoms with Gasteiger partial charge in [-0.15, -0.1) is 0 Å². The van der Waals surface area contributed by atoms with Crippen LogP contribution in [0.1, 0.15) is 42.4 Å². The van der Waals surface area contributed by atoms with Gasteiger partial charge in [0, 0.05) is 11.5 Å². The lowest BCUT2D eigenvalue weighted by atomic mass is 9.92. The third-order valence-corrected chi connectivity index (χ3v) is 3.25. The van der Waals surface area contributed by atoms with Crippen molar-refractivity contribution in [3.8, 4) is 5.75 Å². The van der Waals surface area contributed by atoms with Crippen LogP contribution in [-0.2, 0) is 14.9 Å². The van der Waals surface area contributed by atoms with Crippen LogP contribution in [0.2, 0.25) is 0 Å². The third kappa shape index (κ3) is 4.34. The molecule has 1 heterocycles. The van der Waals surface area contributed by atoms with Crippen molar-refractivity contribution in [3.05, 3.63) is 41.1 Å². The molecule has 1 aromatic heterocycles. The molecular formula is C17H20N2O5. The fourth-order valence-electron chi connectivity index (χ4n) is 1.88. The van der Waals surface area contributed by atoms with E-state index in [1.165, 1.54) is 12.1 Å². The summed E-state index contributed by atoms with van der Waals surface area (Å²) in [6, 6.07) is 6.17. The lowest BCUT2D eigenvalue weighted by Crippen LogP contribution is -2.20. The van der Waals surface area contributed by atoms with Crippen LogP contribution >= 0.6 is 0 Å². The molecule has 2 aromatic rings. The topological polar surface area (TPSA) is 102 Å². The quantitative estimate of drug-likeness (QED) is 0.835. The first-order valence-electron chi connectivity index (χ1n) is 7.40. The van der Waals surface area contributed by atoms with Crippen molar-refractivity contribution in [3.63, 3.8) is 0 Å². The number of rotatable bonds is 4. The number of hydrogen-bond donors (Lipinski definition) is 2. The summed E-state index contributed by atoms with van der Waals surface area (Å²) in [5.74, 6) is -1.35. The molecule has 0 aliphatic heterocycles. The molecule has 0 radical (unpaired) electrons. The van der Waals surface area contributed by atoms with E-state index in [4.69, 9.17) is 9.26 Å². The molecule has 0 bridgehead atoms. The number of carbonyl (C=O) groups is 2. The van der Waals surface area contributed by atoms with Crippen LogP contribution in [0.15, 0.2) is 28.8 Å². The highest BCUT2D eigenvalue weighted by molar-refractivity contribution is 5.96. The molecule has 0 unspecified atom stereocenters. The molecule has 0 atom stereocenters. The standard InChI is InChI=1S/C17H20N2O5/c1-10-5-6-11(12(20)7-10)16(22)23-9-14(21)18-15-8-13(19-24-15)17(2,3)4/h5-8,20H,9H2,1-4H3,(H,18,21). The van der Waals surface area contributed by atoms with Gasteiger partial charge in [0.05, 0.1) is 5.69 Å². The van der Waals surface area contributed by atoms with Crippen molar-refractivity contribution in [2.75, 3.05) is 11.9 Å². The van der Waals surface area contributed by atoms with Gasteiger partial charge in [0.2, 0.25) is 5.88 Å². The summed E-state index contributed by atoms with van der Waals surface area (Å²) in [5, 5.41) is 16.0. The lowest BCUT2D eigenvalue weighted by molar-refractivity contribution is -0.119. The highest BCUT2D eigenvalue weighted by atomic mass is 16.5. The number of amides is 1. The number of aromatic nitrogens is 1. The summed E-state index contributed by atoms with van der Waals surface area (Å²) in [5.41, 5.74) is 1.30. The summed E-state index contributed by atoms with van der Waals surface area (Å²) in [6.07, 6.45) is 0. The number of carbonyl (C=O) groups excluding carboxylic acids is 2. The molecule has 1 aromatic carbocycles. The highest BCUT2D eigenvalue weighted by Crippen LogP contribution is 2.23. The van der Waals surface area contributed by atoms with Crippen LogP contribution in [0.25, 0.3) is 0 Å². The maximum absolute atomic E-state index is 11.9. The number of benzene rings is 1. The van der Waals surface area contributed by atoms with Crippen molar-refractivity contribution in [1.82, 2.24) is 5.16 Å². The molecule has 7 heteroatoms. The molecule has 128 valence electrons. The average Bonchev–Trinajstić information content (AvgIpc) is 2.93. The van der Waals surface area contributed by atoms with Crippen molar-refractivity contribution >= 4 is 17.8 Å². The van der Waals surface area contributed by atoms with Gasteiger partial charge < -0.3 is 14.4 Å². The summed E-state index contributed by atoms with van der Waals surface area (Å²) in [7, 11) is 0. The summed E-state index contributed by atoms with van der Waals surface area (Å²) in [4.78, 5) is 23.7. The van der Waals surface area contributed by atoms with Gasteiger partial charge in [0.25, 0.3) is 5.91 Å². The minimum Gasteiger partial charge on any atom is -0.507 e. The molecule has 0 spiro atoms. The molecule has 2 rings (SSSR count). The maximum atomic E-state index is 11.9. The predicted octanol–water partition coefficient (Wildman–Crippen LogP) is 2.78. The number of hydrogen-bond acceptors (Lipinski definition) is 6. The minimum atomic E-state index is -0.782. The van der Waals surface area contributed by atoms with E-state index in [0.29, 0.717) is 5.69 Å². The first-order chi connectivity index (χ1) is 11.2. The van der Waals surface area contributed by atoms with Gasteiger partial charge in [0.1, 0.15) is 11.3 Å². The number of phenols is 1. The van der Waals surface area contributed by atoms with E-state index in [0.717, 1.165) is 5.56 Å². The highest BCUT2D eigenvalue weighted by Gasteiger charge is 2.20. The van der Waals surface area contributed by atoms with Crippen molar-refractivity contribution < 1.29 is 24.0 Å². The van der Waals surface area contributed by atoms with E-state index >= 15 is 0 Å². The molecule has 7 nitrogen and oxygen atoms in total. The van der Waals surface area contributed by atoms with Gasteiger partial charge in [-0.1, -0.05) is 32.0 Å². The smallest absolute Gasteiger partial charge is 0.342 e. The van der Waals surface area contributed by atoms with Gasteiger partial charge in [-0.05, 0) is 24.6 Å². The Hall–Kier alpha value is -2.83. The Morgan fingerprint density at radius 1 is 1.29 bits per heavy atom. The Bertz CT molecular complexity index is 759. The van der Waals surface area contributed by atoms with E-state index in [1.807, 2.05) is 20.8 Å². The maximum Gasteiger partial charge on any atom is 0.342 e. The number of nitrogens with one attached hydrogen (secondary N) is 1. The molecular weight excluding hydrogens is 312 g/mol. The normalized spacial score (nSPS) is 11.2. The van der Waals surface area contributed by atoms with Crippen LogP contribution < -0.4 is 5.32 Å². The van der Waals surface area contributed by atoms with Crippen LogP contribution in [0.3, 0.4) is 0 Å². The van der Waals surface area contributed by atoms with Crippen LogP contribution in [-0.4, -0.2) is 28.7 Å². The molecule has 0 aliphatic carbocycles. The molecule has 1 amide bonds. The predicted molar refractivity (Wildman–Crippen MR) is 87.0 cm³/mol. The van der Waals surface area contributed by atoms with Gasteiger partial charge in [-0.3, -0.25) is 10.1 Å². The van der Waals surface area contributed by atoms with Gasteiger partial charge in [-0.25, -0.2) is 4.79 Å². The van der Waals surface area contributed by atoms with E-state index in [2.05, 4.69) is 10.5 Å². The Labute approximate surface area is 139 Å². The Kier molecular flexibility index (Phi) is 4.92. The second kappa shape index (κ2) is 6.74. The number of nitrogens with zero attached hydrogens (tertiary/aromatic N) is 1. The second-order valence-corrected chi connectivity index (χ2v) is 6.47. The number of ether oxygens (including phenoxy) is 1. The average molecular weight is 332 g/mol. The number of anilines is 1. The van der Waals surface area contributed by atoms with E-state index < -0.39 is 18.5 Å². The van der Waals surface area contributed by atoms with Crippen molar-refractivity contribution in [1.29, 1.82) is 0 Å². The SMILES string of the molecule is Cc1ccc(C(=O)OCC(=O)Nc2cc(C(C)(C)C)no2)c(O)c1. The minimum absolute atomic E-state index is 0.00286. The first-order valence-corrected chi connectivity index (χ1v) is 7.40. The number of aryl methyl sites for hydroxylation is 1. The van der Waals surface area contributed by atoms with E-state index in [9.17, 15) is 14.7 Å². The molecule has 2 N–H and O–H groups in total. The molecule has 24 heavy (non-hydrogen) atoms. The van der Waals surface area contributed by atoms with E-state index in [-0.39, 0.29) is 22.6 Å². The zero-order valence-corrected chi connectivity index (χ0v) is 14.0. The second-order valence-electron chi connectivity index (χ2n) is 6.47. The Balaban J connectivity index is 1.91. The van der Waals surface area contributed by atoms with Crippen molar-refractivity contribution in [2.24, 2.45) is 0 Å². The molecule has 0 aliphatic rings. The third-order valence-electron chi connectivity index (χ3n) is 3.25. The first kappa shape index (κ1) is 17.5. The Morgan fingerprint density at radius 2 is 2.00 bits per heavy atom. The fourth-order valence-corrected chi connectivity index (χ4v) is 1.88. The summed E-state index contributed by atoms with van der Waals surface area (Å²) >= 11 is 0. The van der Waals surface area contributed by atoms with Gasteiger partial charge in [-0.2, -0.15) is 0 Å². The summed E-state index contributed by atoms with van der Waals surface area (Å²) < 4.78 is 9.91. The van der Waals surface area contributed by atoms with Crippen LogP contribution in [0, 0.1) is 6.92 Å². The zero-order chi connectivity index (χ0) is 17.9. The molecule has 0 saturated carbocycles. The van der Waals surface area contributed by atoms with Crippen LogP contribution in [0.5, 0.6) is 5.75 Å². The number of phenolic OH excluding ortho intramolecular Hbond substituents is 1. The van der Waals surface area contributed by atoms with E-state index in [1.54, 1.807) is 19.1 Å². The van der Waals surface area contributed by atoms with Gasteiger partial charge >= 0.3 is 5.97 Å². The van der Waals surface area contributed by atoms with Crippen LogP contribution in [0.4, 0.5) is 5.88 Å². The largest absolute Gasteiger partial charge is 0.507 e. The lowest BCUT2D eigenvalue weighted by Gasteiger charge is -2.12. The molecule has 0 saturated heterocycles.